The Morgan fingerprint density at radius 1 is 0.656 bits per heavy atom. The summed E-state index contributed by atoms with van der Waals surface area (Å²) in [6.45, 7) is 4.53. The Hall–Kier alpha value is -0.390. The molecule has 1 unspecified atom stereocenters. The summed E-state index contributed by atoms with van der Waals surface area (Å²) in [5.41, 5.74) is 0. The van der Waals surface area contributed by atoms with Crippen molar-refractivity contribution in [1.82, 2.24) is 0 Å². The van der Waals surface area contributed by atoms with E-state index in [-0.39, 0.29) is 12.5 Å². The van der Waals surface area contributed by atoms with E-state index >= 15 is 0 Å². The third-order valence-electron chi connectivity index (χ3n) is 6.24. The lowest BCUT2D eigenvalue weighted by Crippen LogP contribution is -2.12. The molecule has 5 heteroatoms. The summed E-state index contributed by atoms with van der Waals surface area (Å²) in [5, 5.41) is 0. The van der Waals surface area contributed by atoms with Crippen LogP contribution in [0.3, 0.4) is 0 Å². The first-order chi connectivity index (χ1) is 15.5. The highest BCUT2D eigenvalue weighted by atomic mass is 32.3. The normalized spacial score (nSPS) is 13.2. The lowest BCUT2D eigenvalue weighted by atomic mass is 9.99. The molecule has 0 spiro atoms. The van der Waals surface area contributed by atoms with Gasteiger partial charge in [0.25, 0.3) is 0 Å². The first-order valence-corrected chi connectivity index (χ1v) is 15.1. The molecule has 0 amide bonds. The molecule has 0 aliphatic heterocycles. The highest BCUT2D eigenvalue weighted by Crippen LogP contribution is 2.17. The molecule has 0 heterocycles. The lowest BCUT2D eigenvalue weighted by molar-refractivity contribution is 0.234. The smallest absolute Gasteiger partial charge is 0.264 e. The molecule has 0 aromatic heterocycles. The second kappa shape index (κ2) is 23.8. The van der Waals surface area contributed by atoms with Gasteiger partial charge in [-0.25, -0.2) is 4.18 Å². The molecule has 0 aliphatic rings. The van der Waals surface area contributed by atoms with Crippen LogP contribution in [0, 0.1) is 5.92 Å². The minimum absolute atomic E-state index is 0.0445. The van der Waals surface area contributed by atoms with E-state index in [0.29, 0.717) is 0 Å². The molecule has 32 heavy (non-hydrogen) atoms. The second-order valence-electron chi connectivity index (χ2n) is 9.49. The Labute approximate surface area is 200 Å². The van der Waals surface area contributed by atoms with Crippen molar-refractivity contribution < 1.29 is 17.2 Å². The number of hydrogen-bond donors (Lipinski definition) is 1. The maximum Gasteiger partial charge on any atom is 0.397 e. The Morgan fingerprint density at radius 2 is 1.06 bits per heavy atom. The van der Waals surface area contributed by atoms with Crippen molar-refractivity contribution in [2.45, 2.75) is 149 Å². The Balaban J connectivity index is 3.76. The summed E-state index contributed by atoms with van der Waals surface area (Å²) in [6, 6.07) is 0. The van der Waals surface area contributed by atoms with Crippen LogP contribution in [0.1, 0.15) is 149 Å². The van der Waals surface area contributed by atoms with Gasteiger partial charge in [-0.05, 0) is 19.3 Å². The van der Waals surface area contributed by atoms with E-state index in [2.05, 4.69) is 30.2 Å². The SMILES string of the molecule is CCCCCCCCCCCCCCC/C=C/C(CCCCCCCC)COS(=O)(=O)O. The van der Waals surface area contributed by atoms with Crippen LogP contribution in [0.5, 0.6) is 0 Å². The minimum Gasteiger partial charge on any atom is -0.264 e. The third-order valence-corrected chi connectivity index (χ3v) is 6.68. The van der Waals surface area contributed by atoms with Crippen molar-refractivity contribution >= 4 is 10.4 Å². The highest BCUT2D eigenvalue weighted by molar-refractivity contribution is 7.80. The molecule has 0 rings (SSSR count). The van der Waals surface area contributed by atoms with Gasteiger partial charge in [-0.1, -0.05) is 142 Å². The van der Waals surface area contributed by atoms with Crippen molar-refractivity contribution in [1.29, 1.82) is 0 Å². The molecule has 0 aromatic carbocycles. The molecule has 1 N–H and O–H groups in total. The monoisotopic (exact) mass is 474 g/mol. The van der Waals surface area contributed by atoms with Crippen molar-refractivity contribution in [2.24, 2.45) is 5.92 Å². The molecule has 0 radical (unpaired) electrons. The highest BCUT2D eigenvalue weighted by Gasteiger charge is 2.11. The number of rotatable bonds is 25. The van der Waals surface area contributed by atoms with Gasteiger partial charge in [0.1, 0.15) is 0 Å². The Kier molecular flexibility index (Phi) is 23.5. The van der Waals surface area contributed by atoms with Crippen LogP contribution in [-0.2, 0) is 14.6 Å². The van der Waals surface area contributed by atoms with Crippen LogP contribution >= 0.6 is 0 Å². The summed E-state index contributed by atoms with van der Waals surface area (Å²) in [5.74, 6) is 0.0603. The number of unbranched alkanes of at least 4 members (excludes halogenated alkanes) is 18. The first kappa shape index (κ1) is 31.6. The molecule has 0 fully saturated rings. The van der Waals surface area contributed by atoms with Gasteiger partial charge in [0, 0.05) is 5.92 Å². The van der Waals surface area contributed by atoms with E-state index in [9.17, 15) is 8.42 Å². The number of allylic oxidation sites excluding steroid dienone is 1. The molecule has 4 nitrogen and oxygen atoms in total. The quantitative estimate of drug-likeness (QED) is 0.0813. The van der Waals surface area contributed by atoms with Crippen LogP contribution in [-0.4, -0.2) is 19.6 Å². The van der Waals surface area contributed by atoms with Crippen molar-refractivity contribution in [3.63, 3.8) is 0 Å². The topological polar surface area (TPSA) is 63.6 Å². The van der Waals surface area contributed by atoms with Gasteiger partial charge in [0.15, 0.2) is 0 Å². The maximum absolute atomic E-state index is 10.9. The molecule has 192 valence electrons. The predicted octanol–water partition coefficient (Wildman–Crippen LogP) is 9.21. The van der Waals surface area contributed by atoms with E-state index in [1.165, 1.54) is 116 Å². The van der Waals surface area contributed by atoms with Crippen LogP contribution in [0.2, 0.25) is 0 Å². The van der Waals surface area contributed by atoms with E-state index in [1.54, 1.807) is 0 Å². The van der Waals surface area contributed by atoms with E-state index in [0.717, 1.165) is 19.3 Å². The standard InChI is InChI=1S/C27H54O4S/c1-3-5-7-9-11-12-13-14-15-16-17-18-19-21-23-25-27(26-31-32(28,29)30)24-22-20-10-8-6-4-2/h23,25,27H,3-22,24,26H2,1-2H3,(H,28,29,30)/b25-23+. The summed E-state index contributed by atoms with van der Waals surface area (Å²) < 4.78 is 35.3. The second-order valence-corrected chi connectivity index (χ2v) is 10.6. The summed E-state index contributed by atoms with van der Waals surface area (Å²) in [6.07, 6.45) is 31.2. The largest absolute Gasteiger partial charge is 0.397 e. The van der Waals surface area contributed by atoms with E-state index in [4.69, 9.17) is 4.55 Å². The Bertz CT molecular complexity index is 502. The van der Waals surface area contributed by atoms with Gasteiger partial charge in [0.05, 0.1) is 6.61 Å². The minimum atomic E-state index is -4.36. The lowest BCUT2D eigenvalue weighted by Gasteiger charge is -2.12. The van der Waals surface area contributed by atoms with Crippen LogP contribution in [0.25, 0.3) is 0 Å². The predicted molar refractivity (Wildman–Crippen MR) is 138 cm³/mol. The van der Waals surface area contributed by atoms with Crippen molar-refractivity contribution in [3.05, 3.63) is 12.2 Å². The first-order valence-electron chi connectivity index (χ1n) is 13.8. The number of hydrogen-bond acceptors (Lipinski definition) is 3. The van der Waals surface area contributed by atoms with Gasteiger partial charge in [-0.15, -0.1) is 0 Å². The van der Waals surface area contributed by atoms with Crippen molar-refractivity contribution in [3.8, 4) is 0 Å². The third kappa shape index (κ3) is 25.9. The molecular weight excluding hydrogens is 420 g/mol. The van der Waals surface area contributed by atoms with Crippen LogP contribution in [0.4, 0.5) is 0 Å². The van der Waals surface area contributed by atoms with E-state index in [1.807, 2.05) is 0 Å². The molecule has 0 bridgehead atoms. The molecule has 0 saturated carbocycles. The summed E-state index contributed by atoms with van der Waals surface area (Å²) in [7, 11) is -4.36. The fourth-order valence-electron chi connectivity index (χ4n) is 4.16. The average molecular weight is 475 g/mol. The molecule has 0 aliphatic carbocycles. The fourth-order valence-corrected chi connectivity index (χ4v) is 4.51. The fraction of sp³-hybridized carbons (Fsp3) is 0.926. The Morgan fingerprint density at radius 3 is 1.50 bits per heavy atom. The van der Waals surface area contributed by atoms with Gasteiger partial charge >= 0.3 is 10.4 Å². The van der Waals surface area contributed by atoms with Gasteiger partial charge in [0.2, 0.25) is 0 Å². The van der Waals surface area contributed by atoms with Gasteiger partial charge < -0.3 is 0 Å². The molecule has 0 aromatic rings. The molecular formula is C27H54O4S. The zero-order valence-corrected chi connectivity index (χ0v) is 22.2. The zero-order valence-electron chi connectivity index (χ0n) is 21.4. The van der Waals surface area contributed by atoms with Crippen LogP contribution < -0.4 is 0 Å². The van der Waals surface area contributed by atoms with Gasteiger partial charge in [-0.3, -0.25) is 4.55 Å². The van der Waals surface area contributed by atoms with Crippen LogP contribution in [0.15, 0.2) is 12.2 Å². The van der Waals surface area contributed by atoms with E-state index < -0.39 is 10.4 Å². The molecule has 0 saturated heterocycles. The molecule has 1 atom stereocenters. The van der Waals surface area contributed by atoms with Gasteiger partial charge in [-0.2, -0.15) is 8.42 Å². The zero-order chi connectivity index (χ0) is 23.8. The van der Waals surface area contributed by atoms with Crippen molar-refractivity contribution in [2.75, 3.05) is 6.61 Å². The average Bonchev–Trinajstić information content (AvgIpc) is 2.75. The maximum atomic E-state index is 10.9. The summed E-state index contributed by atoms with van der Waals surface area (Å²) in [4.78, 5) is 0. The summed E-state index contributed by atoms with van der Waals surface area (Å²) >= 11 is 0.